The van der Waals surface area contributed by atoms with Crippen molar-refractivity contribution in [1.29, 1.82) is 0 Å². The monoisotopic (exact) mass is 221 g/mol. The van der Waals surface area contributed by atoms with Crippen LogP contribution in [0.2, 0.25) is 0 Å². The van der Waals surface area contributed by atoms with Crippen LogP contribution in [0.4, 0.5) is 0 Å². The number of phenolic OH excluding ortho intramolecular Hbond substituents is 1. The topological polar surface area (TPSA) is 23.5 Å². The van der Waals surface area contributed by atoms with Gasteiger partial charge in [0.15, 0.2) is 0 Å². The lowest BCUT2D eigenvalue weighted by Crippen LogP contribution is -2.15. The van der Waals surface area contributed by atoms with Crippen molar-refractivity contribution >= 4 is 0 Å². The molecule has 1 aromatic carbocycles. The first-order valence-corrected chi connectivity index (χ1v) is 5.70. The lowest BCUT2D eigenvalue weighted by Gasteiger charge is -2.23. The standard InChI is InChI=1S/C14H23NO/c1-10-11(9-15(5)6)7-8-12(13(10)16)14(2,3)4/h7-8,16H,9H2,1-6H3. The molecule has 0 spiro atoms. The minimum Gasteiger partial charge on any atom is -0.507 e. The van der Waals surface area contributed by atoms with Crippen LogP contribution < -0.4 is 0 Å². The second-order valence-electron chi connectivity index (χ2n) is 5.73. The third kappa shape index (κ3) is 2.76. The highest BCUT2D eigenvalue weighted by atomic mass is 16.3. The SMILES string of the molecule is Cc1c(CN(C)C)ccc(C(C)(C)C)c1O. The van der Waals surface area contributed by atoms with E-state index in [-0.39, 0.29) is 5.41 Å². The normalized spacial score (nSPS) is 12.2. The molecular formula is C14H23NO. The quantitative estimate of drug-likeness (QED) is 0.829. The number of nitrogens with zero attached hydrogens (tertiary/aromatic N) is 1. The van der Waals surface area contributed by atoms with Gasteiger partial charge in [0.05, 0.1) is 0 Å². The predicted molar refractivity (Wildman–Crippen MR) is 68.9 cm³/mol. The van der Waals surface area contributed by atoms with Crippen LogP contribution in [0.3, 0.4) is 0 Å². The molecule has 0 heterocycles. The van der Waals surface area contributed by atoms with Gasteiger partial charge in [-0.15, -0.1) is 0 Å². The highest BCUT2D eigenvalue weighted by Gasteiger charge is 2.20. The Morgan fingerprint density at radius 1 is 1.19 bits per heavy atom. The second-order valence-corrected chi connectivity index (χ2v) is 5.73. The Labute approximate surface area is 98.9 Å². The van der Waals surface area contributed by atoms with Crippen molar-refractivity contribution in [3.05, 3.63) is 28.8 Å². The summed E-state index contributed by atoms with van der Waals surface area (Å²) in [6.45, 7) is 9.21. The van der Waals surface area contributed by atoms with E-state index in [0.29, 0.717) is 5.75 Å². The molecule has 0 radical (unpaired) electrons. The predicted octanol–water partition coefficient (Wildman–Crippen LogP) is 3.06. The zero-order valence-electron chi connectivity index (χ0n) is 11.3. The van der Waals surface area contributed by atoms with Gasteiger partial charge < -0.3 is 10.0 Å². The van der Waals surface area contributed by atoms with Crippen molar-refractivity contribution in [3.63, 3.8) is 0 Å². The van der Waals surface area contributed by atoms with Crippen LogP contribution in [0.1, 0.15) is 37.5 Å². The molecule has 0 bridgehead atoms. The summed E-state index contributed by atoms with van der Waals surface area (Å²) in [6, 6.07) is 4.16. The summed E-state index contributed by atoms with van der Waals surface area (Å²) >= 11 is 0. The Morgan fingerprint density at radius 2 is 1.75 bits per heavy atom. The smallest absolute Gasteiger partial charge is 0.122 e. The zero-order valence-corrected chi connectivity index (χ0v) is 11.3. The molecule has 0 saturated heterocycles. The van der Waals surface area contributed by atoms with Crippen molar-refractivity contribution in [3.8, 4) is 5.75 Å². The molecule has 1 N–H and O–H groups in total. The number of aromatic hydroxyl groups is 1. The molecule has 0 atom stereocenters. The Hall–Kier alpha value is -1.02. The summed E-state index contributed by atoms with van der Waals surface area (Å²) < 4.78 is 0. The van der Waals surface area contributed by atoms with Crippen molar-refractivity contribution in [2.75, 3.05) is 14.1 Å². The lowest BCUT2D eigenvalue weighted by molar-refractivity contribution is 0.396. The molecule has 90 valence electrons. The van der Waals surface area contributed by atoms with Crippen LogP contribution in [0.15, 0.2) is 12.1 Å². The summed E-state index contributed by atoms with van der Waals surface area (Å²) in [5.41, 5.74) is 3.20. The maximum Gasteiger partial charge on any atom is 0.122 e. The van der Waals surface area contributed by atoms with Gasteiger partial charge in [-0.3, -0.25) is 0 Å². The minimum absolute atomic E-state index is 0.00844. The maximum atomic E-state index is 10.2. The van der Waals surface area contributed by atoms with Gasteiger partial charge in [0.1, 0.15) is 5.75 Å². The van der Waals surface area contributed by atoms with Gasteiger partial charge in [-0.1, -0.05) is 32.9 Å². The Balaban J connectivity index is 3.19. The van der Waals surface area contributed by atoms with Crippen molar-refractivity contribution < 1.29 is 5.11 Å². The fourth-order valence-electron chi connectivity index (χ4n) is 1.86. The molecule has 16 heavy (non-hydrogen) atoms. The van der Waals surface area contributed by atoms with Gasteiger partial charge in [0.2, 0.25) is 0 Å². The van der Waals surface area contributed by atoms with Crippen molar-refractivity contribution in [2.24, 2.45) is 0 Å². The van der Waals surface area contributed by atoms with Gasteiger partial charge in [0, 0.05) is 6.54 Å². The van der Waals surface area contributed by atoms with E-state index >= 15 is 0 Å². The summed E-state index contributed by atoms with van der Waals surface area (Å²) in [6.07, 6.45) is 0. The van der Waals surface area contributed by atoms with E-state index in [9.17, 15) is 5.11 Å². The Kier molecular flexibility index (Phi) is 3.64. The molecule has 0 aliphatic carbocycles. The van der Waals surface area contributed by atoms with E-state index in [4.69, 9.17) is 0 Å². The van der Waals surface area contributed by atoms with Crippen molar-refractivity contribution in [1.82, 2.24) is 4.90 Å². The number of rotatable bonds is 2. The van der Waals surface area contributed by atoms with Crippen LogP contribution in [-0.4, -0.2) is 24.1 Å². The fraction of sp³-hybridized carbons (Fsp3) is 0.571. The molecule has 0 aromatic heterocycles. The molecule has 0 unspecified atom stereocenters. The average Bonchev–Trinajstić information content (AvgIpc) is 2.10. The molecule has 2 nitrogen and oxygen atoms in total. The highest BCUT2D eigenvalue weighted by Crippen LogP contribution is 2.34. The van der Waals surface area contributed by atoms with Gasteiger partial charge >= 0.3 is 0 Å². The van der Waals surface area contributed by atoms with Crippen LogP contribution in [-0.2, 0) is 12.0 Å². The summed E-state index contributed by atoms with van der Waals surface area (Å²) in [7, 11) is 4.07. The molecular weight excluding hydrogens is 198 g/mol. The zero-order chi connectivity index (χ0) is 12.5. The van der Waals surface area contributed by atoms with Crippen LogP contribution >= 0.6 is 0 Å². The van der Waals surface area contributed by atoms with Crippen LogP contribution in [0, 0.1) is 6.92 Å². The fourth-order valence-corrected chi connectivity index (χ4v) is 1.86. The molecule has 0 aliphatic rings. The van der Waals surface area contributed by atoms with E-state index in [1.807, 2.05) is 27.1 Å². The largest absolute Gasteiger partial charge is 0.507 e. The molecule has 0 saturated carbocycles. The van der Waals surface area contributed by atoms with Crippen LogP contribution in [0.25, 0.3) is 0 Å². The minimum atomic E-state index is -0.00844. The number of phenols is 1. The van der Waals surface area contributed by atoms with Gasteiger partial charge in [-0.2, -0.15) is 0 Å². The van der Waals surface area contributed by atoms with Gasteiger partial charge in [-0.25, -0.2) is 0 Å². The first-order valence-electron chi connectivity index (χ1n) is 5.70. The van der Waals surface area contributed by atoms with E-state index in [0.717, 1.165) is 17.7 Å². The Morgan fingerprint density at radius 3 is 2.19 bits per heavy atom. The number of benzene rings is 1. The highest BCUT2D eigenvalue weighted by molar-refractivity contribution is 5.47. The molecule has 2 heteroatoms. The maximum absolute atomic E-state index is 10.2. The lowest BCUT2D eigenvalue weighted by atomic mass is 9.84. The van der Waals surface area contributed by atoms with Crippen LogP contribution in [0.5, 0.6) is 5.75 Å². The molecule has 1 aromatic rings. The van der Waals surface area contributed by atoms with E-state index in [1.165, 1.54) is 5.56 Å². The third-order valence-corrected chi connectivity index (χ3v) is 2.84. The summed E-state index contributed by atoms with van der Waals surface area (Å²) in [5.74, 6) is 0.451. The molecule has 0 amide bonds. The van der Waals surface area contributed by atoms with Gasteiger partial charge in [0.25, 0.3) is 0 Å². The number of hydrogen-bond donors (Lipinski definition) is 1. The molecule has 1 rings (SSSR count). The molecule has 0 aliphatic heterocycles. The van der Waals surface area contributed by atoms with Gasteiger partial charge in [-0.05, 0) is 43.1 Å². The van der Waals surface area contributed by atoms with E-state index in [2.05, 4.69) is 31.7 Å². The third-order valence-electron chi connectivity index (χ3n) is 2.84. The van der Waals surface area contributed by atoms with E-state index < -0.39 is 0 Å². The van der Waals surface area contributed by atoms with E-state index in [1.54, 1.807) is 0 Å². The number of hydrogen-bond acceptors (Lipinski definition) is 2. The second kappa shape index (κ2) is 4.46. The first-order chi connectivity index (χ1) is 7.23. The van der Waals surface area contributed by atoms with Crippen molar-refractivity contribution in [2.45, 2.75) is 39.7 Å². The molecule has 0 fully saturated rings. The average molecular weight is 221 g/mol. The Bertz CT molecular complexity index is 375. The summed E-state index contributed by atoms with van der Waals surface area (Å²) in [4.78, 5) is 2.11. The summed E-state index contributed by atoms with van der Waals surface area (Å²) in [5, 5.41) is 10.2. The first kappa shape index (κ1) is 13.0.